The number of nitrogens with zero attached hydrogens (tertiary/aromatic N) is 5. The molecule has 0 aliphatic rings. The van der Waals surface area contributed by atoms with Gasteiger partial charge in [-0.1, -0.05) is 12.1 Å². The molecule has 3 heterocycles. The van der Waals surface area contributed by atoms with Gasteiger partial charge in [-0.05, 0) is 45.0 Å². The second-order valence-electron chi connectivity index (χ2n) is 6.73. The van der Waals surface area contributed by atoms with Crippen LogP contribution in [0.5, 0.6) is 0 Å². The molecule has 0 saturated carbocycles. The summed E-state index contributed by atoms with van der Waals surface area (Å²) in [5.74, 6) is 0.432. The van der Waals surface area contributed by atoms with Gasteiger partial charge in [0.1, 0.15) is 23.6 Å². The number of ketones is 1. The Kier molecular flexibility index (Phi) is 6.39. The number of Topliss-reactive ketones (excluding diaryl/α,β-unsaturated/α-hetero) is 1. The second-order valence-corrected chi connectivity index (χ2v) is 6.73. The van der Waals surface area contributed by atoms with E-state index >= 15 is 0 Å². The van der Waals surface area contributed by atoms with E-state index in [1.165, 1.54) is 6.20 Å². The van der Waals surface area contributed by atoms with Crippen LogP contribution in [0.15, 0.2) is 54.9 Å². The Hall–Kier alpha value is -3.53. The van der Waals surface area contributed by atoms with Gasteiger partial charge in [-0.25, -0.2) is 4.68 Å². The largest absolute Gasteiger partial charge is 0.384 e. The van der Waals surface area contributed by atoms with Crippen molar-refractivity contribution in [2.24, 2.45) is 0 Å². The number of nitrogens with two attached hydrogens (primary N) is 1. The smallest absolute Gasteiger partial charge is 0.195 e. The highest BCUT2D eigenvalue weighted by atomic mass is 16.1. The summed E-state index contributed by atoms with van der Waals surface area (Å²) in [5, 5.41) is 12.7. The first-order valence-electron chi connectivity index (χ1n) is 8.41. The number of rotatable bonds is 3. The van der Waals surface area contributed by atoms with Gasteiger partial charge in [-0.2, -0.15) is 10.4 Å². The lowest BCUT2D eigenvalue weighted by Gasteiger charge is -2.20. The summed E-state index contributed by atoms with van der Waals surface area (Å²) in [4.78, 5) is 19.0. The summed E-state index contributed by atoms with van der Waals surface area (Å²) in [7, 11) is 0. The van der Waals surface area contributed by atoms with Crippen LogP contribution in [-0.2, 0) is 5.54 Å². The van der Waals surface area contributed by atoms with Crippen molar-refractivity contribution < 1.29 is 4.79 Å². The van der Waals surface area contributed by atoms with Crippen LogP contribution in [0.2, 0.25) is 0 Å². The van der Waals surface area contributed by atoms with Crippen molar-refractivity contribution in [2.75, 3.05) is 5.73 Å². The van der Waals surface area contributed by atoms with Gasteiger partial charge < -0.3 is 5.73 Å². The summed E-state index contributed by atoms with van der Waals surface area (Å²) >= 11 is 0. The predicted molar refractivity (Wildman–Crippen MR) is 104 cm³/mol. The van der Waals surface area contributed by atoms with Crippen LogP contribution < -0.4 is 5.73 Å². The van der Waals surface area contributed by atoms with Crippen molar-refractivity contribution in [2.45, 2.75) is 32.7 Å². The second kappa shape index (κ2) is 8.72. The number of nitriles is 1. The molecule has 0 unspecified atom stereocenters. The van der Waals surface area contributed by atoms with Crippen molar-refractivity contribution in [1.29, 1.82) is 5.26 Å². The molecule has 7 nitrogen and oxygen atoms in total. The standard InChI is InChI=1S/C12H16N4.C8H6N2O/c1-12(2,3)16-11(13)8-10(15-16)9-6-4-5-7-14-9;9-5-4-8(11)7-3-1-2-6-10-7/h4-8H,13H2,1-3H3;1-3,6H,4H2. The number of pyridine rings is 2. The third-order valence-corrected chi connectivity index (χ3v) is 3.49. The molecule has 0 aromatic carbocycles. The van der Waals surface area contributed by atoms with E-state index < -0.39 is 0 Å². The van der Waals surface area contributed by atoms with Crippen LogP contribution in [0.3, 0.4) is 0 Å². The number of carbonyl (C=O) groups is 1. The number of anilines is 1. The lowest BCUT2D eigenvalue weighted by atomic mass is 10.1. The first-order valence-corrected chi connectivity index (χ1v) is 8.41. The van der Waals surface area contributed by atoms with Gasteiger partial charge in [0.25, 0.3) is 0 Å². The van der Waals surface area contributed by atoms with E-state index in [0.717, 1.165) is 11.4 Å². The maximum Gasteiger partial charge on any atom is 0.195 e. The van der Waals surface area contributed by atoms with Gasteiger partial charge >= 0.3 is 0 Å². The van der Waals surface area contributed by atoms with E-state index in [9.17, 15) is 4.79 Å². The summed E-state index contributed by atoms with van der Waals surface area (Å²) in [5.41, 5.74) is 7.84. The number of nitrogen functional groups attached to an aromatic ring is 1. The van der Waals surface area contributed by atoms with Crippen LogP contribution in [-0.4, -0.2) is 25.5 Å². The Morgan fingerprint density at radius 3 is 2.26 bits per heavy atom. The molecule has 0 bridgehead atoms. The molecule has 0 saturated heterocycles. The minimum atomic E-state index is -0.229. The maximum absolute atomic E-state index is 11.0. The number of aromatic nitrogens is 4. The first kappa shape index (κ1) is 19.8. The highest BCUT2D eigenvalue weighted by Gasteiger charge is 2.18. The highest BCUT2D eigenvalue weighted by Crippen LogP contribution is 2.23. The van der Waals surface area contributed by atoms with E-state index in [1.807, 2.05) is 28.9 Å². The Bertz CT molecular complexity index is 921. The molecule has 0 fully saturated rings. The average Bonchev–Trinajstić information content (AvgIpc) is 3.06. The van der Waals surface area contributed by atoms with Gasteiger partial charge in [0, 0.05) is 18.5 Å². The molecular formula is C20H22N6O. The summed E-state index contributed by atoms with van der Waals surface area (Å²) < 4.78 is 1.82. The average molecular weight is 362 g/mol. The lowest BCUT2D eigenvalue weighted by molar-refractivity contribution is 0.0993. The zero-order valence-electron chi connectivity index (χ0n) is 15.6. The van der Waals surface area contributed by atoms with Crippen molar-refractivity contribution in [3.05, 3.63) is 60.6 Å². The van der Waals surface area contributed by atoms with Crippen LogP contribution in [0.1, 0.15) is 37.7 Å². The molecule has 27 heavy (non-hydrogen) atoms. The first-order chi connectivity index (χ1) is 12.8. The van der Waals surface area contributed by atoms with Gasteiger partial charge in [0.15, 0.2) is 5.78 Å². The van der Waals surface area contributed by atoms with Crippen LogP contribution in [0, 0.1) is 11.3 Å². The molecule has 7 heteroatoms. The molecule has 0 aliphatic carbocycles. The molecule has 3 aromatic rings. The predicted octanol–water partition coefficient (Wildman–Crippen LogP) is 3.46. The number of hydrogen-bond donors (Lipinski definition) is 1. The Labute approximate surface area is 158 Å². The van der Waals surface area contributed by atoms with E-state index in [2.05, 4.69) is 35.8 Å². The van der Waals surface area contributed by atoms with Crippen LogP contribution >= 0.6 is 0 Å². The van der Waals surface area contributed by atoms with Gasteiger partial charge in [-0.15, -0.1) is 0 Å². The Balaban J connectivity index is 0.000000208. The van der Waals surface area contributed by atoms with E-state index in [1.54, 1.807) is 30.5 Å². The van der Waals surface area contributed by atoms with Gasteiger partial charge in [-0.3, -0.25) is 14.8 Å². The van der Waals surface area contributed by atoms with E-state index in [0.29, 0.717) is 11.5 Å². The molecule has 0 spiro atoms. The quantitative estimate of drug-likeness (QED) is 0.714. The van der Waals surface area contributed by atoms with Crippen LogP contribution in [0.25, 0.3) is 11.4 Å². The van der Waals surface area contributed by atoms with E-state index in [4.69, 9.17) is 11.0 Å². The van der Waals surface area contributed by atoms with Crippen molar-refractivity contribution in [3.63, 3.8) is 0 Å². The maximum atomic E-state index is 11.0. The summed E-state index contributed by atoms with van der Waals surface area (Å²) in [6.07, 6.45) is 3.18. The molecule has 2 N–H and O–H groups in total. The fraction of sp³-hybridized carbons (Fsp3) is 0.250. The van der Waals surface area contributed by atoms with Crippen molar-refractivity contribution in [1.82, 2.24) is 19.7 Å². The topological polar surface area (TPSA) is 110 Å². The van der Waals surface area contributed by atoms with Crippen molar-refractivity contribution in [3.8, 4) is 17.5 Å². The summed E-state index contributed by atoms with van der Waals surface area (Å²) in [6, 6.07) is 14.4. The molecule has 0 atom stereocenters. The molecule has 0 aliphatic heterocycles. The monoisotopic (exact) mass is 362 g/mol. The zero-order valence-corrected chi connectivity index (χ0v) is 15.6. The summed E-state index contributed by atoms with van der Waals surface area (Å²) in [6.45, 7) is 6.20. The highest BCUT2D eigenvalue weighted by molar-refractivity contribution is 5.95. The molecule has 0 amide bonds. The van der Waals surface area contributed by atoms with Gasteiger partial charge in [0.2, 0.25) is 0 Å². The molecule has 3 rings (SSSR count). The minimum absolute atomic E-state index is 0.100. The number of hydrogen-bond acceptors (Lipinski definition) is 6. The third-order valence-electron chi connectivity index (χ3n) is 3.49. The molecule has 138 valence electrons. The lowest BCUT2D eigenvalue weighted by Crippen LogP contribution is -2.24. The Morgan fingerprint density at radius 2 is 1.78 bits per heavy atom. The SMILES string of the molecule is CC(C)(C)n1nc(-c2ccccn2)cc1N.N#CCC(=O)c1ccccn1. The third kappa shape index (κ3) is 5.47. The van der Waals surface area contributed by atoms with Crippen molar-refractivity contribution >= 4 is 11.6 Å². The van der Waals surface area contributed by atoms with Crippen LogP contribution in [0.4, 0.5) is 5.82 Å². The zero-order chi connectivity index (χ0) is 19.9. The number of carbonyl (C=O) groups excluding carboxylic acids is 1. The van der Waals surface area contributed by atoms with E-state index in [-0.39, 0.29) is 17.7 Å². The Morgan fingerprint density at radius 1 is 1.11 bits per heavy atom. The fourth-order valence-electron chi connectivity index (χ4n) is 2.26. The fourth-order valence-corrected chi connectivity index (χ4v) is 2.26. The minimum Gasteiger partial charge on any atom is -0.384 e. The molecular weight excluding hydrogens is 340 g/mol. The van der Waals surface area contributed by atoms with Gasteiger partial charge in [0.05, 0.1) is 17.3 Å². The molecule has 0 radical (unpaired) electrons. The normalized spacial score (nSPS) is 10.4. The molecule has 3 aromatic heterocycles.